The van der Waals surface area contributed by atoms with E-state index in [4.69, 9.17) is 0 Å². The van der Waals surface area contributed by atoms with Gasteiger partial charge in [-0.1, -0.05) is 0 Å². The lowest BCUT2D eigenvalue weighted by molar-refractivity contribution is 0.479. The van der Waals surface area contributed by atoms with E-state index in [0.29, 0.717) is 6.07 Å². The van der Waals surface area contributed by atoms with Crippen LogP contribution in [0.3, 0.4) is 0 Å². The number of hydrogen-bond acceptors (Lipinski definition) is 3. The predicted molar refractivity (Wildman–Crippen MR) is 72.4 cm³/mol. The highest BCUT2D eigenvalue weighted by molar-refractivity contribution is 7.92. The first-order chi connectivity index (χ1) is 10.3. The van der Waals surface area contributed by atoms with Gasteiger partial charge < -0.3 is 0 Å². The van der Waals surface area contributed by atoms with E-state index in [1.54, 1.807) is 7.05 Å². The zero-order chi connectivity index (χ0) is 16.1. The van der Waals surface area contributed by atoms with Crippen molar-refractivity contribution in [3.63, 3.8) is 0 Å². The van der Waals surface area contributed by atoms with Crippen molar-refractivity contribution in [2.75, 3.05) is 10.8 Å². The fraction of sp³-hybridized carbons (Fsp3) is 0.308. The van der Waals surface area contributed by atoms with Crippen molar-refractivity contribution in [1.29, 1.82) is 0 Å². The van der Waals surface area contributed by atoms with Crippen LogP contribution in [-0.4, -0.2) is 24.7 Å². The second-order valence-electron chi connectivity index (χ2n) is 5.01. The zero-order valence-corrected chi connectivity index (χ0v) is 12.4. The molecule has 5 nitrogen and oxygen atoms in total. The van der Waals surface area contributed by atoms with E-state index in [-0.39, 0.29) is 29.8 Å². The van der Waals surface area contributed by atoms with Crippen LogP contribution in [-0.2, 0) is 23.5 Å². The van der Waals surface area contributed by atoms with Crippen LogP contribution in [0, 0.1) is 17.5 Å². The predicted octanol–water partition coefficient (Wildman–Crippen LogP) is 1.98. The molecule has 0 atom stereocenters. The summed E-state index contributed by atoms with van der Waals surface area (Å²) < 4.78 is 68.5. The number of fused-ring (bicyclic) bond motifs is 1. The molecular formula is C13H12F3N3O2S. The molecule has 3 rings (SSSR count). The molecule has 0 saturated heterocycles. The molecule has 1 aliphatic heterocycles. The molecule has 1 aromatic carbocycles. The second-order valence-corrected chi connectivity index (χ2v) is 6.87. The molecule has 2 heterocycles. The summed E-state index contributed by atoms with van der Waals surface area (Å²) in [4.78, 5) is -0.132. The van der Waals surface area contributed by atoms with E-state index >= 15 is 0 Å². The first-order valence-electron chi connectivity index (χ1n) is 6.50. The molecule has 22 heavy (non-hydrogen) atoms. The van der Waals surface area contributed by atoms with Gasteiger partial charge in [0, 0.05) is 31.4 Å². The third-order valence-corrected chi connectivity index (χ3v) is 5.30. The Labute approximate surface area is 125 Å². The molecule has 0 aliphatic carbocycles. The molecular weight excluding hydrogens is 319 g/mol. The maximum Gasteiger partial charge on any atom is 0.267 e. The van der Waals surface area contributed by atoms with Gasteiger partial charge in [-0.15, -0.1) is 0 Å². The molecule has 2 aromatic rings. The van der Waals surface area contributed by atoms with Crippen LogP contribution in [0.1, 0.15) is 12.0 Å². The number of rotatable bonds is 2. The SMILES string of the molecule is Cn1cc(S(=O)(=O)N2CCCc3c(F)c(F)cc(F)c32)cn1. The first kappa shape index (κ1) is 14.9. The summed E-state index contributed by atoms with van der Waals surface area (Å²) in [5, 5.41) is 3.77. The Kier molecular flexibility index (Phi) is 3.39. The summed E-state index contributed by atoms with van der Waals surface area (Å²) in [6.45, 7) is -0.00772. The lowest BCUT2D eigenvalue weighted by atomic mass is 10.0. The van der Waals surface area contributed by atoms with Crippen molar-refractivity contribution < 1.29 is 21.6 Å². The molecule has 0 radical (unpaired) electrons. The van der Waals surface area contributed by atoms with Gasteiger partial charge in [0.15, 0.2) is 17.5 Å². The molecule has 0 saturated carbocycles. The van der Waals surface area contributed by atoms with Crippen LogP contribution in [0.15, 0.2) is 23.4 Å². The standard InChI is InChI=1S/C13H12F3N3O2S/c1-18-7-8(6-17-18)22(20,21)19-4-2-3-9-12(16)10(14)5-11(15)13(9)19/h5-7H,2-4H2,1H3. The van der Waals surface area contributed by atoms with E-state index in [0.717, 1.165) is 10.5 Å². The highest BCUT2D eigenvalue weighted by Crippen LogP contribution is 2.36. The first-order valence-corrected chi connectivity index (χ1v) is 7.94. The van der Waals surface area contributed by atoms with Gasteiger partial charge in [0.05, 0.1) is 11.9 Å². The van der Waals surface area contributed by atoms with E-state index in [1.165, 1.54) is 10.9 Å². The van der Waals surface area contributed by atoms with E-state index in [9.17, 15) is 21.6 Å². The molecule has 1 aromatic heterocycles. The summed E-state index contributed by atoms with van der Waals surface area (Å²) in [5.41, 5.74) is -0.676. The fourth-order valence-corrected chi connectivity index (χ4v) is 4.07. The molecule has 9 heteroatoms. The molecule has 1 aliphatic rings. The number of anilines is 1. The van der Waals surface area contributed by atoms with Crippen LogP contribution in [0.4, 0.5) is 18.9 Å². The average molecular weight is 331 g/mol. The van der Waals surface area contributed by atoms with Crippen LogP contribution >= 0.6 is 0 Å². The highest BCUT2D eigenvalue weighted by atomic mass is 32.2. The molecule has 0 amide bonds. The van der Waals surface area contributed by atoms with Crippen LogP contribution in [0.2, 0.25) is 0 Å². The Balaban J connectivity index is 2.19. The van der Waals surface area contributed by atoms with Gasteiger partial charge in [0.2, 0.25) is 0 Å². The molecule has 0 spiro atoms. The molecule has 118 valence electrons. The summed E-state index contributed by atoms with van der Waals surface area (Å²) in [7, 11) is -2.55. The van der Waals surface area contributed by atoms with Gasteiger partial charge in [-0.3, -0.25) is 8.99 Å². The van der Waals surface area contributed by atoms with Crippen molar-refractivity contribution >= 4 is 15.7 Å². The van der Waals surface area contributed by atoms with Gasteiger partial charge in [-0.2, -0.15) is 5.10 Å². The maximum atomic E-state index is 14.1. The molecule has 0 fully saturated rings. The minimum atomic E-state index is -4.09. The Morgan fingerprint density at radius 3 is 2.59 bits per heavy atom. The average Bonchev–Trinajstić information content (AvgIpc) is 2.91. The van der Waals surface area contributed by atoms with Gasteiger partial charge in [-0.05, 0) is 12.8 Å². The Bertz CT molecular complexity index is 848. The molecule has 0 unspecified atom stereocenters. The van der Waals surface area contributed by atoms with E-state index in [1.807, 2.05) is 0 Å². The number of halogens is 3. The van der Waals surface area contributed by atoms with Crippen LogP contribution in [0.5, 0.6) is 0 Å². The number of aromatic nitrogens is 2. The lowest BCUT2D eigenvalue weighted by Gasteiger charge is -2.30. The van der Waals surface area contributed by atoms with Gasteiger partial charge >= 0.3 is 0 Å². The zero-order valence-electron chi connectivity index (χ0n) is 11.6. The van der Waals surface area contributed by atoms with Gasteiger partial charge in [0.1, 0.15) is 4.90 Å². The highest BCUT2D eigenvalue weighted by Gasteiger charge is 2.34. The van der Waals surface area contributed by atoms with Gasteiger partial charge in [0.25, 0.3) is 10.0 Å². The van der Waals surface area contributed by atoms with Crippen molar-refractivity contribution in [3.8, 4) is 0 Å². The minimum absolute atomic E-state index is 0.00772. The maximum absolute atomic E-state index is 14.1. The van der Waals surface area contributed by atoms with Crippen molar-refractivity contribution in [1.82, 2.24) is 9.78 Å². The van der Waals surface area contributed by atoms with Gasteiger partial charge in [-0.25, -0.2) is 21.6 Å². The molecule has 0 bridgehead atoms. The lowest BCUT2D eigenvalue weighted by Crippen LogP contribution is -2.36. The normalized spacial score (nSPS) is 15.0. The summed E-state index contributed by atoms with van der Waals surface area (Å²) in [6, 6.07) is 0.366. The quantitative estimate of drug-likeness (QED) is 0.791. The largest absolute Gasteiger partial charge is 0.274 e. The number of nitrogens with zero attached hydrogens (tertiary/aromatic N) is 3. The Hall–Kier alpha value is -2.03. The van der Waals surface area contributed by atoms with Crippen molar-refractivity contribution in [2.45, 2.75) is 17.7 Å². The third-order valence-electron chi connectivity index (χ3n) is 3.55. The smallest absolute Gasteiger partial charge is 0.267 e. The summed E-state index contributed by atoms with van der Waals surface area (Å²) >= 11 is 0. The third kappa shape index (κ3) is 2.16. The monoisotopic (exact) mass is 331 g/mol. The van der Waals surface area contributed by atoms with E-state index in [2.05, 4.69) is 5.10 Å². The Morgan fingerprint density at radius 1 is 1.23 bits per heavy atom. The number of benzene rings is 1. The Morgan fingerprint density at radius 2 is 1.95 bits per heavy atom. The van der Waals surface area contributed by atoms with E-state index < -0.39 is 33.2 Å². The summed E-state index contributed by atoms with van der Waals surface area (Å²) in [6.07, 6.45) is 2.74. The second kappa shape index (κ2) is 5.01. The van der Waals surface area contributed by atoms with Crippen LogP contribution < -0.4 is 4.31 Å². The summed E-state index contributed by atoms with van der Waals surface area (Å²) in [5.74, 6) is -3.62. The van der Waals surface area contributed by atoms with Crippen LogP contribution in [0.25, 0.3) is 0 Å². The minimum Gasteiger partial charge on any atom is -0.274 e. The number of sulfonamides is 1. The molecule has 0 N–H and O–H groups in total. The fourth-order valence-electron chi connectivity index (χ4n) is 2.54. The van der Waals surface area contributed by atoms with Crippen molar-refractivity contribution in [3.05, 3.63) is 41.5 Å². The number of hydrogen-bond donors (Lipinski definition) is 0. The topological polar surface area (TPSA) is 55.2 Å². The number of aryl methyl sites for hydroxylation is 1. The van der Waals surface area contributed by atoms with Crippen molar-refractivity contribution in [2.24, 2.45) is 7.05 Å².